The van der Waals surface area contributed by atoms with Gasteiger partial charge in [-0.3, -0.25) is 9.59 Å². The van der Waals surface area contributed by atoms with Crippen LogP contribution < -0.4 is 0 Å². The fourth-order valence-corrected chi connectivity index (χ4v) is 5.72. The lowest BCUT2D eigenvalue weighted by molar-refractivity contribution is -0.156. The third-order valence-corrected chi connectivity index (χ3v) is 7.64. The SMILES string of the molecule is O=C1C2CN(S(=O)(=O)N3CCOCC3)CCCN2C(=O)CN1Cc1ccccc1. The van der Waals surface area contributed by atoms with Crippen LogP contribution in [0, 0.1) is 0 Å². The van der Waals surface area contributed by atoms with Crippen LogP contribution in [-0.4, -0.2) is 97.2 Å². The van der Waals surface area contributed by atoms with E-state index in [4.69, 9.17) is 4.74 Å². The van der Waals surface area contributed by atoms with Crippen LogP contribution in [0.5, 0.6) is 0 Å². The first kappa shape index (κ1) is 20.3. The first-order valence-electron chi connectivity index (χ1n) is 9.92. The first-order valence-corrected chi connectivity index (χ1v) is 11.3. The zero-order chi connectivity index (χ0) is 20.4. The summed E-state index contributed by atoms with van der Waals surface area (Å²) in [6.07, 6.45) is 0.512. The molecule has 10 heteroatoms. The Hall–Kier alpha value is -2.01. The fourth-order valence-electron chi connectivity index (χ4n) is 4.10. The lowest BCUT2D eigenvalue weighted by Gasteiger charge is -2.40. The van der Waals surface area contributed by atoms with E-state index in [2.05, 4.69) is 0 Å². The molecule has 158 valence electrons. The molecule has 2 amide bonds. The topological polar surface area (TPSA) is 90.5 Å². The fraction of sp³-hybridized carbons (Fsp3) is 0.579. The molecule has 1 aromatic carbocycles. The summed E-state index contributed by atoms with van der Waals surface area (Å²) in [6, 6.07) is 8.71. The molecule has 3 aliphatic heterocycles. The van der Waals surface area contributed by atoms with Crippen molar-refractivity contribution in [2.45, 2.75) is 19.0 Å². The van der Waals surface area contributed by atoms with Crippen molar-refractivity contribution in [2.75, 3.05) is 52.5 Å². The van der Waals surface area contributed by atoms with Crippen LogP contribution in [0.2, 0.25) is 0 Å². The molecule has 1 aromatic rings. The van der Waals surface area contributed by atoms with Gasteiger partial charge in [0.25, 0.3) is 10.2 Å². The lowest BCUT2D eigenvalue weighted by Crippen LogP contribution is -2.62. The second kappa shape index (κ2) is 8.39. The Balaban J connectivity index is 1.54. The Morgan fingerprint density at radius 1 is 0.966 bits per heavy atom. The highest BCUT2D eigenvalue weighted by molar-refractivity contribution is 7.86. The predicted molar refractivity (Wildman–Crippen MR) is 105 cm³/mol. The van der Waals surface area contributed by atoms with Gasteiger partial charge in [0, 0.05) is 39.3 Å². The Morgan fingerprint density at radius 3 is 2.41 bits per heavy atom. The van der Waals surface area contributed by atoms with Gasteiger partial charge in [-0.1, -0.05) is 30.3 Å². The van der Waals surface area contributed by atoms with Crippen LogP contribution in [0.15, 0.2) is 30.3 Å². The molecule has 0 bridgehead atoms. The van der Waals surface area contributed by atoms with Gasteiger partial charge in [0.05, 0.1) is 13.2 Å². The molecule has 0 saturated carbocycles. The van der Waals surface area contributed by atoms with Gasteiger partial charge in [-0.15, -0.1) is 0 Å². The van der Waals surface area contributed by atoms with Crippen molar-refractivity contribution in [3.8, 4) is 0 Å². The van der Waals surface area contributed by atoms with Gasteiger partial charge in [0.2, 0.25) is 11.8 Å². The van der Waals surface area contributed by atoms with Crippen molar-refractivity contribution in [3.05, 3.63) is 35.9 Å². The molecule has 3 fully saturated rings. The van der Waals surface area contributed by atoms with Crippen molar-refractivity contribution in [1.82, 2.24) is 18.4 Å². The summed E-state index contributed by atoms with van der Waals surface area (Å²) in [5, 5.41) is 0. The van der Waals surface area contributed by atoms with E-state index in [1.54, 1.807) is 4.90 Å². The zero-order valence-corrected chi connectivity index (χ0v) is 17.1. The van der Waals surface area contributed by atoms with Crippen molar-refractivity contribution >= 4 is 22.0 Å². The van der Waals surface area contributed by atoms with Crippen molar-refractivity contribution in [1.29, 1.82) is 0 Å². The Morgan fingerprint density at radius 2 is 1.69 bits per heavy atom. The minimum Gasteiger partial charge on any atom is -0.379 e. The van der Waals surface area contributed by atoms with Gasteiger partial charge in [-0.2, -0.15) is 17.0 Å². The lowest BCUT2D eigenvalue weighted by atomic mass is 10.1. The Kier molecular flexibility index (Phi) is 5.86. The summed E-state index contributed by atoms with van der Waals surface area (Å²) in [5.41, 5.74) is 0.938. The summed E-state index contributed by atoms with van der Waals surface area (Å²) in [5.74, 6) is -0.325. The minimum absolute atomic E-state index is 0.00441. The maximum absolute atomic E-state index is 13.2. The standard InChI is InChI=1S/C19H26N4O5S/c24-18-15-20(13-16-5-2-1-3-6-16)19(25)17-14-22(7-4-8-23(17)18)29(26,27)21-9-11-28-12-10-21/h1-3,5-6,17H,4,7-15H2. The number of amides is 2. The maximum atomic E-state index is 13.2. The molecule has 4 rings (SSSR count). The van der Waals surface area contributed by atoms with Crippen LogP contribution in [0.3, 0.4) is 0 Å². The minimum atomic E-state index is -3.70. The first-order chi connectivity index (χ1) is 14.0. The molecule has 3 saturated heterocycles. The van der Waals surface area contributed by atoms with Crippen molar-refractivity contribution in [3.63, 3.8) is 0 Å². The van der Waals surface area contributed by atoms with E-state index in [1.165, 1.54) is 13.5 Å². The molecule has 0 radical (unpaired) electrons. The maximum Gasteiger partial charge on any atom is 0.282 e. The summed E-state index contributed by atoms with van der Waals surface area (Å²) >= 11 is 0. The normalized spacial score (nSPS) is 25.0. The number of benzene rings is 1. The van der Waals surface area contributed by atoms with Crippen LogP contribution in [0.4, 0.5) is 0 Å². The Labute approximate surface area is 171 Å². The van der Waals surface area contributed by atoms with E-state index < -0.39 is 16.3 Å². The van der Waals surface area contributed by atoms with E-state index in [-0.39, 0.29) is 24.9 Å². The van der Waals surface area contributed by atoms with Crippen LogP contribution in [0.25, 0.3) is 0 Å². The largest absolute Gasteiger partial charge is 0.379 e. The number of rotatable bonds is 4. The summed E-state index contributed by atoms with van der Waals surface area (Å²) in [4.78, 5) is 29.0. The molecular weight excluding hydrogens is 396 g/mol. The van der Waals surface area contributed by atoms with Crippen LogP contribution >= 0.6 is 0 Å². The van der Waals surface area contributed by atoms with E-state index in [0.29, 0.717) is 52.4 Å². The molecule has 29 heavy (non-hydrogen) atoms. The number of piperazine rings is 1. The van der Waals surface area contributed by atoms with Crippen LogP contribution in [0.1, 0.15) is 12.0 Å². The number of morpholine rings is 1. The number of nitrogens with zero attached hydrogens (tertiary/aromatic N) is 4. The highest BCUT2D eigenvalue weighted by atomic mass is 32.2. The number of fused-ring (bicyclic) bond motifs is 1. The van der Waals surface area contributed by atoms with Crippen LogP contribution in [-0.2, 0) is 31.1 Å². The number of carbonyl (C=O) groups excluding carboxylic acids is 2. The molecule has 0 spiro atoms. The summed E-state index contributed by atoms with van der Waals surface area (Å²) in [6.45, 7) is 2.40. The highest BCUT2D eigenvalue weighted by Gasteiger charge is 2.44. The Bertz CT molecular complexity index is 857. The highest BCUT2D eigenvalue weighted by Crippen LogP contribution is 2.23. The molecule has 0 aliphatic carbocycles. The summed E-state index contributed by atoms with van der Waals surface area (Å²) in [7, 11) is -3.70. The second-order valence-electron chi connectivity index (χ2n) is 7.51. The smallest absolute Gasteiger partial charge is 0.282 e. The van der Waals surface area contributed by atoms with E-state index in [0.717, 1.165) is 5.56 Å². The zero-order valence-electron chi connectivity index (χ0n) is 16.3. The monoisotopic (exact) mass is 422 g/mol. The number of hydrogen-bond donors (Lipinski definition) is 0. The molecule has 3 heterocycles. The molecule has 3 aliphatic rings. The van der Waals surface area contributed by atoms with Crippen molar-refractivity contribution in [2.24, 2.45) is 0 Å². The van der Waals surface area contributed by atoms with Gasteiger partial charge in [-0.05, 0) is 12.0 Å². The van der Waals surface area contributed by atoms with Gasteiger partial charge < -0.3 is 14.5 Å². The van der Waals surface area contributed by atoms with Crippen molar-refractivity contribution < 1.29 is 22.7 Å². The second-order valence-corrected chi connectivity index (χ2v) is 9.44. The number of carbonyl (C=O) groups is 2. The average molecular weight is 423 g/mol. The van der Waals surface area contributed by atoms with Gasteiger partial charge in [-0.25, -0.2) is 0 Å². The van der Waals surface area contributed by atoms with Gasteiger partial charge in [0.1, 0.15) is 12.6 Å². The molecular formula is C19H26N4O5S. The molecule has 9 nitrogen and oxygen atoms in total. The molecule has 1 atom stereocenters. The number of ether oxygens (including phenoxy) is 1. The molecule has 1 unspecified atom stereocenters. The van der Waals surface area contributed by atoms with E-state index >= 15 is 0 Å². The summed E-state index contributed by atoms with van der Waals surface area (Å²) < 4.78 is 34.2. The number of hydrogen-bond acceptors (Lipinski definition) is 5. The van der Waals surface area contributed by atoms with E-state index in [1.807, 2.05) is 30.3 Å². The predicted octanol–water partition coefficient (Wildman–Crippen LogP) is -0.491. The van der Waals surface area contributed by atoms with E-state index in [9.17, 15) is 18.0 Å². The van der Waals surface area contributed by atoms with Gasteiger partial charge in [0.15, 0.2) is 0 Å². The molecule has 0 aromatic heterocycles. The third-order valence-electron chi connectivity index (χ3n) is 5.64. The quantitative estimate of drug-likeness (QED) is 0.653. The third kappa shape index (κ3) is 4.16. The van der Waals surface area contributed by atoms with Gasteiger partial charge >= 0.3 is 0 Å². The molecule has 0 N–H and O–H groups in total. The average Bonchev–Trinajstić information content (AvgIpc) is 2.97.